The summed E-state index contributed by atoms with van der Waals surface area (Å²) in [6, 6.07) is 5.70. The van der Waals surface area contributed by atoms with Crippen LogP contribution < -0.4 is 20.1 Å². The molecule has 1 aromatic carbocycles. The smallest absolute Gasteiger partial charge is 0.268 e. The van der Waals surface area contributed by atoms with Crippen molar-refractivity contribution in [3.8, 4) is 5.75 Å². The Balaban J connectivity index is 1.54. The standard InChI is InChI=1S/C18H21N5O2S/c1-12-4-5-14(25-3)16-17(12)26-18(20-16)23-8-6-22(7-9-23)13-10-15(24)21(2)19-11-13/h4-5,10-11H,6-9H2,1-3H3. The zero-order valence-electron chi connectivity index (χ0n) is 15.1. The van der Waals surface area contributed by atoms with Gasteiger partial charge in [0.1, 0.15) is 11.3 Å². The summed E-state index contributed by atoms with van der Waals surface area (Å²) in [5, 5.41) is 5.14. The minimum absolute atomic E-state index is 0.0846. The van der Waals surface area contributed by atoms with E-state index in [2.05, 4.69) is 27.9 Å². The van der Waals surface area contributed by atoms with Crippen LogP contribution in [0.3, 0.4) is 0 Å². The summed E-state index contributed by atoms with van der Waals surface area (Å²) in [7, 11) is 3.34. The number of ether oxygens (including phenoxy) is 1. The van der Waals surface area contributed by atoms with Gasteiger partial charge in [-0.3, -0.25) is 4.79 Å². The van der Waals surface area contributed by atoms with Crippen molar-refractivity contribution in [1.82, 2.24) is 14.8 Å². The lowest BCUT2D eigenvalue weighted by Gasteiger charge is -2.35. The van der Waals surface area contributed by atoms with Crippen molar-refractivity contribution in [2.75, 3.05) is 43.1 Å². The van der Waals surface area contributed by atoms with Gasteiger partial charge in [0.05, 0.1) is 23.7 Å². The third kappa shape index (κ3) is 2.90. The molecule has 3 aromatic rings. The highest BCUT2D eigenvalue weighted by Crippen LogP contribution is 2.36. The van der Waals surface area contributed by atoms with Gasteiger partial charge in [0.2, 0.25) is 0 Å². The van der Waals surface area contributed by atoms with Crippen LogP contribution in [0.5, 0.6) is 5.75 Å². The van der Waals surface area contributed by atoms with Crippen molar-refractivity contribution >= 4 is 32.4 Å². The average molecular weight is 371 g/mol. The predicted octanol–water partition coefficient (Wildman–Crippen LogP) is 2.03. The first kappa shape index (κ1) is 16.8. The number of aromatic nitrogens is 3. The normalized spacial score (nSPS) is 14.9. The summed E-state index contributed by atoms with van der Waals surface area (Å²) >= 11 is 1.71. The van der Waals surface area contributed by atoms with Gasteiger partial charge in [0.25, 0.3) is 5.56 Å². The molecule has 136 valence electrons. The molecule has 1 saturated heterocycles. The molecule has 1 aliphatic rings. The van der Waals surface area contributed by atoms with Crippen LogP contribution in [0.1, 0.15) is 5.56 Å². The van der Waals surface area contributed by atoms with Crippen molar-refractivity contribution in [2.24, 2.45) is 7.05 Å². The molecule has 0 bridgehead atoms. The number of benzene rings is 1. The number of thiazole rings is 1. The molecule has 0 saturated carbocycles. The Hall–Kier alpha value is -2.61. The Bertz CT molecular complexity index is 1000. The van der Waals surface area contributed by atoms with Crippen LogP contribution in [0.2, 0.25) is 0 Å². The molecule has 0 atom stereocenters. The van der Waals surface area contributed by atoms with Crippen LogP contribution in [0.25, 0.3) is 10.2 Å². The van der Waals surface area contributed by atoms with Crippen LogP contribution >= 0.6 is 11.3 Å². The number of anilines is 2. The highest BCUT2D eigenvalue weighted by Gasteiger charge is 2.22. The molecule has 0 N–H and O–H groups in total. The van der Waals surface area contributed by atoms with Gasteiger partial charge in [0.15, 0.2) is 5.13 Å². The van der Waals surface area contributed by atoms with Gasteiger partial charge in [-0.15, -0.1) is 0 Å². The maximum atomic E-state index is 11.8. The molecule has 0 aliphatic carbocycles. The van der Waals surface area contributed by atoms with Gasteiger partial charge in [-0.1, -0.05) is 17.4 Å². The summed E-state index contributed by atoms with van der Waals surface area (Å²) < 4.78 is 7.98. The van der Waals surface area contributed by atoms with Gasteiger partial charge < -0.3 is 14.5 Å². The molecule has 3 heterocycles. The minimum Gasteiger partial charge on any atom is -0.494 e. The fraction of sp³-hybridized carbons (Fsp3) is 0.389. The number of methoxy groups -OCH3 is 1. The number of fused-ring (bicyclic) bond motifs is 1. The van der Waals surface area contributed by atoms with E-state index in [1.807, 2.05) is 6.07 Å². The second-order valence-electron chi connectivity index (χ2n) is 6.41. The summed E-state index contributed by atoms with van der Waals surface area (Å²) in [5.41, 5.74) is 2.95. The third-order valence-electron chi connectivity index (χ3n) is 4.78. The summed E-state index contributed by atoms with van der Waals surface area (Å²) in [4.78, 5) is 21.1. The molecule has 1 fully saturated rings. The zero-order valence-corrected chi connectivity index (χ0v) is 15.9. The molecule has 4 rings (SSSR count). The molecule has 0 radical (unpaired) electrons. The lowest BCUT2D eigenvalue weighted by atomic mass is 10.2. The second kappa shape index (κ2) is 6.60. The van der Waals surface area contributed by atoms with Crippen molar-refractivity contribution in [3.63, 3.8) is 0 Å². The number of rotatable bonds is 3. The second-order valence-corrected chi connectivity index (χ2v) is 7.39. The van der Waals surface area contributed by atoms with Crippen molar-refractivity contribution in [1.29, 1.82) is 0 Å². The minimum atomic E-state index is -0.0846. The van der Waals surface area contributed by atoms with E-state index in [0.29, 0.717) is 0 Å². The van der Waals surface area contributed by atoms with Crippen LogP contribution in [0.4, 0.5) is 10.8 Å². The first-order valence-corrected chi connectivity index (χ1v) is 9.36. The fourth-order valence-corrected chi connectivity index (χ4v) is 4.29. The van der Waals surface area contributed by atoms with Gasteiger partial charge in [-0.05, 0) is 18.6 Å². The molecule has 8 heteroatoms. The molecule has 7 nitrogen and oxygen atoms in total. The Morgan fingerprint density at radius 2 is 1.88 bits per heavy atom. The van der Waals surface area contributed by atoms with E-state index in [-0.39, 0.29) is 5.56 Å². The van der Waals surface area contributed by atoms with Crippen LogP contribution in [-0.2, 0) is 7.05 Å². The van der Waals surface area contributed by atoms with Gasteiger partial charge in [-0.2, -0.15) is 5.10 Å². The van der Waals surface area contributed by atoms with Crippen molar-refractivity contribution in [3.05, 3.63) is 40.3 Å². The highest BCUT2D eigenvalue weighted by molar-refractivity contribution is 7.22. The molecule has 1 aliphatic heterocycles. The van der Waals surface area contributed by atoms with Crippen molar-refractivity contribution < 1.29 is 4.74 Å². The van der Waals surface area contributed by atoms with Crippen LogP contribution in [0.15, 0.2) is 29.2 Å². The molecular formula is C18H21N5O2S. The van der Waals surface area contributed by atoms with Crippen molar-refractivity contribution in [2.45, 2.75) is 6.92 Å². The largest absolute Gasteiger partial charge is 0.494 e. The Labute approximate surface area is 155 Å². The SMILES string of the molecule is COc1ccc(C)c2sc(N3CCN(c4cnn(C)c(=O)c4)CC3)nc12. The van der Waals surface area contributed by atoms with E-state index in [9.17, 15) is 4.79 Å². The number of hydrogen-bond donors (Lipinski definition) is 0. The number of hydrogen-bond acceptors (Lipinski definition) is 7. The summed E-state index contributed by atoms with van der Waals surface area (Å²) in [5.74, 6) is 0.818. The quantitative estimate of drug-likeness (QED) is 0.702. The maximum Gasteiger partial charge on any atom is 0.268 e. The lowest BCUT2D eigenvalue weighted by molar-refractivity contribution is 0.419. The van der Waals surface area contributed by atoms with Crippen LogP contribution in [-0.4, -0.2) is 48.1 Å². The predicted molar refractivity (Wildman–Crippen MR) is 105 cm³/mol. The topological polar surface area (TPSA) is 63.5 Å². The molecule has 2 aromatic heterocycles. The Morgan fingerprint density at radius 3 is 2.58 bits per heavy atom. The first-order chi connectivity index (χ1) is 12.6. The number of nitrogens with zero attached hydrogens (tertiary/aromatic N) is 5. The lowest BCUT2D eigenvalue weighted by Crippen LogP contribution is -2.47. The van der Waals surface area contributed by atoms with Gasteiger partial charge >= 0.3 is 0 Å². The Kier molecular flexibility index (Phi) is 4.28. The monoisotopic (exact) mass is 371 g/mol. The van der Waals surface area contributed by atoms with E-state index in [0.717, 1.165) is 48.3 Å². The molecular weight excluding hydrogens is 350 g/mol. The van der Waals surface area contributed by atoms with E-state index >= 15 is 0 Å². The summed E-state index contributed by atoms with van der Waals surface area (Å²) in [6.45, 7) is 5.49. The third-order valence-corrected chi connectivity index (χ3v) is 6.03. The van der Waals surface area contributed by atoms with E-state index in [1.165, 1.54) is 14.9 Å². The van der Waals surface area contributed by atoms with Gasteiger partial charge in [-0.25, -0.2) is 9.67 Å². The summed E-state index contributed by atoms with van der Waals surface area (Å²) in [6.07, 6.45) is 1.75. The highest BCUT2D eigenvalue weighted by atomic mass is 32.1. The van der Waals surface area contributed by atoms with Gasteiger partial charge in [0, 0.05) is 39.3 Å². The first-order valence-electron chi connectivity index (χ1n) is 8.54. The molecule has 0 spiro atoms. The molecule has 0 unspecified atom stereocenters. The van der Waals surface area contributed by atoms with E-state index < -0.39 is 0 Å². The average Bonchev–Trinajstić information content (AvgIpc) is 3.11. The Morgan fingerprint density at radius 1 is 1.15 bits per heavy atom. The number of aryl methyl sites for hydroxylation is 2. The zero-order chi connectivity index (χ0) is 18.3. The maximum absolute atomic E-state index is 11.8. The fourth-order valence-electron chi connectivity index (χ4n) is 3.19. The number of piperazine rings is 1. The molecule has 0 amide bonds. The van der Waals surface area contributed by atoms with Crippen LogP contribution in [0, 0.1) is 6.92 Å². The van der Waals surface area contributed by atoms with E-state index in [4.69, 9.17) is 9.72 Å². The van der Waals surface area contributed by atoms with E-state index in [1.54, 1.807) is 37.8 Å². The molecule has 26 heavy (non-hydrogen) atoms.